The molecule has 0 bridgehead atoms. The van der Waals surface area contributed by atoms with Crippen LogP contribution in [0.5, 0.6) is 0 Å². The number of thioether (sulfide) groups is 1. The van der Waals surface area contributed by atoms with Crippen LogP contribution in [0.3, 0.4) is 0 Å². The second-order valence-corrected chi connectivity index (χ2v) is 6.00. The van der Waals surface area contributed by atoms with Gasteiger partial charge in [0.2, 0.25) is 0 Å². The Balaban J connectivity index is 2.52. The molecule has 112 valence electrons. The first-order valence-corrected chi connectivity index (χ1v) is 8.12. The van der Waals surface area contributed by atoms with E-state index in [1.807, 2.05) is 17.8 Å². The average Bonchev–Trinajstić information content (AvgIpc) is 2.52. The van der Waals surface area contributed by atoms with Gasteiger partial charge in [-0.1, -0.05) is 13.8 Å². The largest absolute Gasteiger partial charge is 0.465 e. The highest BCUT2D eigenvalue weighted by molar-refractivity contribution is 8.00. The smallest absolute Gasteiger partial charge is 0.339 e. The molecule has 0 unspecified atom stereocenters. The van der Waals surface area contributed by atoms with Crippen LogP contribution in [0.1, 0.15) is 42.7 Å². The van der Waals surface area contributed by atoms with Crippen molar-refractivity contribution >= 4 is 17.7 Å². The molecule has 0 aromatic carbocycles. The van der Waals surface area contributed by atoms with Crippen LogP contribution >= 0.6 is 11.8 Å². The van der Waals surface area contributed by atoms with Gasteiger partial charge in [0.15, 0.2) is 0 Å². The highest BCUT2D eigenvalue weighted by Gasteiger charge is 2.23. The fourth-order valence-corrected chi connectivity index (χ4v) is 2.87. The maximum Gasteiger partial charge on any atom is 0.339 e. The molecule has 0 atom stereocenters. The number of pyridine rings is 1. The van der Waals surface area contributed by atoms with Crippen LogP contribution in [0.15, 0.2) is 18.3 Å². The van der Waals surface area contributed by atoms with Gasteiger partial charge in [0, 0.05) is 24.0 Å². The Kier molecular flexibility index (Phi) is 7.02. The highest BCUT2D eigenvalue weighted by Crippen LogP contribution is 2.29. The number of aromatic nitrogens is 1. The second-order valence-electron chi connectivity index (χ2n) is 4.73. The molecule has 5 heteroatoms. The van der Waals surface area contributed by atoms with Gasteiger partial charge >= 0.3 is 5.97 Å². The number of esters is 1. The lowest BCUT2D eigenvalue weighted by Gasteiger charge is -2.29. The molecule has 0 aliphatic heterocycles. The molecule has 1 aromatic rings. The SMILES string of the molecule is CCC(CC)(CNCc1ccc(C(=O)OC)cn1)SC. The monoisotopic (exact) mass is 296 g/mol. The molecule has 20 heavy (non-hydrogen) atoms. The van der Waals surface area contributed by atoms with Crippen molar-refractivity contribution in [1.82, 2.24) is 10.3 Å². The first kappa shape index (κ1) is 17.0. The van der Waals surface area contributed by atoms with Crippen molar-refractivity contribution in [2.45, 2.75) is 38.0 Å². The van der Waals surface area contributed by atoms with Gasteiger partial charge in [-0.25, -0.2) is 4.79 Å². The van der Waals surface area contributed by atoms with E-state index in [0.29, 0.717) is 16.9 Å². The first-order valence-electron chi connectivity index (χ1n) is 6.90. The molecule has 4 nitrogen and oxygen atoms in total. The normalized spacial score (nSPS) is 11.4. The molecule has 0 fully saturated rings. The van der Waals surface area contributed by atoms with Gasteiger partial charge in [-0.3, -0.25) is 4.98 Å². The zero-order chi connectivity index (χ0) is 15.0. The number of nitrogens with zero attached hydrogens (tertiary/aromatic N) is 1. The Morgan fingerprint density at radius 1 is 1.40 bits per heavy atom. The van der Waals surface area contributed by atoms with Gasteiger partial charge in [0.25, 0.3) is 0 Å². The lowest BCUT2D eigenvalue weighted by Crippen LogP contribution is -2.36. The molecule has 0 aliphatic carbocycles. The van der Waals surface area contributed by atoms with E-state index in [4.69, 9.17) is 0 Å². The number of hydrogen-bond acceptors (Lipinski definition) is 5. The Morgan fingerprint density at radius 3 is 2.55 bits per heavy atom. The molecular weight excluding hydrogens is 272 g/mol. The molecule has 0 saturated carbocycles. The Morgan fingerprint density at radius 2 is 2.10 bits per heavy atom. The number of nitrogens with one attached hydrogen (secondary N) is 1. The molecule has 0 spiro atoms. The van der Waals surface area contributed by atoms with Crippen LogP contribution in [0.2, 0.25) is 0 Å². The van der Waals surface area contributed by atoms with E-state index in [1.54, 1.807) is 12.3 Å². The van der Waals surface area contributed by atoms with E-state index in [9.17, 15) is 4.79 Å². The van der Waals surface area contributed by atoms with E-state index in [-0.39, 0.29) is 5.97 Å². The summed E-state index contributed by atoms with van der Waals surface area (Å²) in [6.07, 6.45) is 6.02. The molecule has 0 amide bonds. The summed E-state index contributed by atoms with van der Waals surface area (Å²) in [7, 11) is 1.37. The predicted molar refractivity (Wildman–Crippen MR) is 84.1 cm³/mol. The average molecular weight is 296 g/mol. The van der Waals surface area contributed by atoms with Crippen LogP contribution in [-0.2, 0) is 11.3 Å². The van der Waals surface area contributed by atoms with Gasteiger partial charge in [-0.15, -0.1) is 0 Å². The lowest BCUT2D eigenvalue weighted by molar-refractivity contribution is 0.0600. The third-order valence-electron chi connectivity index (χ3n) is 3.72. The number of hydrogen-bond donors (Lipinski definition) is 1. The van der Waals surface area contributed by atoms with Gasteiger partial charge in [0.1, 0.15) is 0 Å². The Hall–Kier alpha value is -1.07. The number of carbonyl (C=O) groups excluding carboxylic acids is 1. The molecule has 0 radical (unpaired) electrons. The van der Waals surface area contributed by atoms with Crippen molar-refractivity contribution in [2.24, 2.45) is 0 Å². The second kappa shape index (κ2) is 8.27. The molecule has 1 rings (SSSR count). The lowest BCUT2D eigenvalue weighted by atomic mass is 10.0. The number of ether oxygens (including phenoxy) is 1. The summed E-state index contributed by atoms with van der Waals surface area (Å²) in [4.78, 5) is 15.6. The summed E-state index contributed by atoms with van der Waals surface area (Å²) < 4.78 is 4.95. The standard InChI is InChI=1S/C15H24N2O2S/c1-5-15(6-2,20-4)11-16-10-13-8-7-12(9-17-13)14(18)19-3/h7-9,16H,5-6,10-11H2,1-4H3. The third-order valence-corrected chi connectivity index (χ3v) is 5.31. The maximum atomic E-state index is 11.3. The van der Waals surface area contributed by atoms with Crippen LogP contribution in [0, 0.1) is 0 Å². The van der Waals surface area contributed by atoms with E-state index >= 15 is 0 Å². The minimum Gasteiger partial charge on any atom is -0.465 e. The van der Waals surface area contributed by atoms with E-state index in [1.165, 1.54) is 7.11 Å². The number of rotatable bonds is 8. The van der Waals surface area contributed by atoms with Crippen LogP contribution in [-0.4, -0.2) is 35.6 Å². The minimum absolute atomic E-state index is 0.298. The topological polar surface area (TPSA) is 51.2 Å². The Bertz CT molecular complexity index is 408. The van der Waals surface area contributed by atoms with E-state index < -0.39 is 0 Å². The van der Waals surface area contributed by atoms with E-state index in [2.05, 4.69) is 35.1 Å². The zero-order valence-electron chi connectivity index (χ0n) is 12.7. The van der Waals surface area contributed by atoms with Crippen molar-refractivity contribution in [3.05, 3.63) is 29.6 Å². The van der Waals surface area contributed by atoms with Crippen molar-refractivity contribution in [2.75, 3.05) is 19.9 Å². The number of methoxy groups -OCH3 is 1. The molecule has 1 heterocycles. The molecule has 1 aromatic heterocycles. The van der Waals surface area contributed by atoms with Gasteiger partial charge in [-0.05, 0) is 31.2 Å². The Labute approximate surface area is 125 Å². The van der Waals surface area contributed by atoms with Crippen LogP contribution in [0.25, 0.3) is 0 Å². The highest BCUT2D eigenvalue weighted by atomic mass is 32.2. The summed E-state index contributed by atoms with van der Waals surface area (Å²) >= 11 is 1.92. The zero-order valence-corrected chi connectivity index (χ0v) is 13.5. The minimum atomic E-state index is -0.352. The molecule has 0 saturated heterocycles. The van der Waals surface area contributed by atoms with Gasteiger partial charge in [0.05, 0.1) is 18.4 Å². The van der Waals surface area contributed by atoms with Crippen molar-refractivity contribution in [3.63, 3.8) is 0 Å². The fourth-order valence-electron chi connectivity index (χ4n) is 2.05. The molecule has 0 aliphatic rings. The van der Waals surface area contributed by atoms with Gasteiger partial charge < -0.3 is 10.1 Å². The van der Waals surface area contributed by atoms with E-state index in [0.717, 1.165) is 25.1 Å². The summed E-state index contributed by atoms with van der Waals surface area (Å²) in [5.41, 5.74) is 1.41. The first-order chi connectivity index (χ1) is 9.60. The maximum absolute atomic E-state index is 11.3. The summed E-state index contributed by atoms with van der Waals surface area (Å²) in [6.45, 7) is 6.13. The summed E-state index contributed by atoms with van der Waals surface area (Å²) in [5, 5.41) is 3.46. The van der Waals surface area contributed by atoms with Gasteiger partial charge in [-0.2, -0.15) is 11.8 Å². The van der Waals surface area contributed by atoms with Crippen molar-refractivity contribution < 1.29 is 9.53 Å². The van der Waals surface area contributed by atoms with Crippen molar-refractivity contribution in [1.29, 1.82) is 0 Å². The molecular formula is C15H24N2O2S. The third kappa shape index (κ3) is 4.49. The van der Waals surface area contributed by atoms with Crippen LogP contribution < -0.4 is 5.32 Å². The van der Waals surface area contributed by atoms with Crippen molar-refractivity contribution in [3.8, 4) is 0 Å². The predicted octanol–water partition coefficient (Wildman–Crippen LogP) is 2.88. The molecule has 1 N–H and O–H groups in total. The fraction of sp³-hybridized carbons (Fsp3) is 0.600. The van der Waals surface area contributed by atoms with Crippen LogP contribution in [0.4, 0.5) is 0 Å². The quantitative estimate of drug-likeness (QED) is 0.748. The number of carbonyl (C=O) groups is 1. The summed E-state index contributed by atoms with van der Waals surface area (Å²) in [5.74, 6) is -0.352. The summed E-state index contributed by atoms with van der Waals surface area (Å²) in [6, 6.07) is 3.61.